The molecule has 4 N–H and O–H groups in total. The van der Waals surface area contributed by atoms with E-state index < -0.39 is 22.1 Å². The second kappa shape index (κ2) is 8.26. The zero-order valence-electron chi connectivity index (χ0n) is 13.5. The Bertz CT molecular complexity index is 900. The van der Waals surface area contributed by atoms with Crippen molar-refractivity contribution < 1.29 is 27.7 Å². The van der Waals surface area contributed by atoms with Crippen LogP contribution < -0.4 is 5.73 Å². The summed E-state index contributed by atoms with van der Waals surface area (Å²) in [4.78, 5) is 24.8. The number of carbonyl (C=O) groups is 2. The van der Waals surface area contributed by atoms with Gasteiger partial charge in [0.1, 0.15) is 17.1 Å². The fourth-order valence-electron chi connectivity index (χ4n) is 2.39. The number of amides is 1. The standard InChI is InChI=1S/C12H14N4O6S5/c13-6-8(17)16-7(10(18)19)5(3-24-9(6)16)4-25-12-15-14-11(26-12)23-1-2-27(20,21)22/h6,9H,1-4,13H2,(H,18,19)(H,20,21,22)/t6?,9-/m0/s1. The summed E-state index contributed by atoms with van der Waals surface area (Å²) in [5.74, 6) is -0.966. The first kappa shape index (κ1) is 20.9. The van der Waals surface area contributed by atoms with Crippen molar-refractivity contribution in [3.05, 3.63) is 11.3 Å². The van der Waals surface area contributed by atoms with Crippen LogP contribution in [0.4, 0.5) is 0 Å². The number of hydrogen-bond acceptors (Lipinski definition) is 11. The lowest BCUT2D eigenvalue weighted by Crippen LogP contribution is -2.68. The van der Waals surface area contributed by atoms with Crippen LogP contribution in [0.3, 0.4) is 0 Å². The van der Waals surface area contributed by atoms with E-state index in [1.54, 1.807) is 0 Å². The van der Waals surface area contributed by atoms with Crippen LogP contribution in [0.25, 0.3) is 0 Å². The lowest BCUT2D eigenvalue weighted by molar-refractivity contribution is -0.147. The van der Waals surface area contributed by atoms with Crippen molar-refractivity contribution in [1.29, 1.82) is 0 Å². The van der Waals surface area contributed by atoms with Crippen LogP contribution in [0.2, 0.25) is 0 Å². The number of carbonyl (C=O) groups excluding carboxylic acids is 1. The summed E-state index contributed by atoms with van der Waals surface area (Å²) in [6, 6.07) is -0.663. The molecule has 0 saturated carbocycles. The Hall–Kier alpha value is -0.840. The molecule has 1 aromatic heterocycles. The molecule has 3 heterocycles. The molecular weight excluding hydrogens is 456 g/mol. The van der Waals surface area contributed by atoms with Gasteiger partial charge in [-0.3, -0.25) is 14.2 Å². The molecule has 1 aromatic rings. The SMILES string of the molecule is NC1C(=O)N2C(C(=O)O)=C(CSc3nnc(SCCS(=O)(=O)O)s3)CS[C@@H]12. The van der Waals surface area contributed by atoms with E-state index in [9.17, 15) is 23.1 Å². The number of carboxylic acid groups (broad SMARTS) is 1. The van der Waals surface area contributed by atoms with Gasteiger partial charge in [-0.05, 0) is 5.57 Å². The van der Waals surface area contributed by atoms with E-state index in [4.69, 9.17) is 10.3 Å². The molecule has 0 aromatic carbocycles. The number of carboxylic acids is 1. The van der Waals surface area contributed by atoms with E-state index in [0.717, 1.165) is 11.8 Å². The Morgan fingerprint density at radius 3 is 2.63 bits per heavy atom. The molecular formula is C12H14N4O6S5. The average Bonchev–Trinajstić information content (AvgIpc) is 3.04. The molecule has 2 aliphatic rings. The first-order chi connectivity index (χ1) is 12.7. The van der Waals surface area contributed by atoms with E-state index >= 15 is 0 Å². The summed E-state index contributed by atoms with van der Waals surface area (Å²) in [6.45, 7) is 0. The minimum absolute atomic E-state index is 0.00906. The Morgan fingerprint density at radius 1 is 1.33 bits per heavy atom. The van der Waals surface area contributed by atoms with E-state index in [-0.39, 0.29) is 28.5 Å². The highest BCUT2D eigenvalue weighted by atomic mass is 32.2. The van der Waals surface area contributed by atoms with Crippen LogP contribution in [0, 0.1) is 0 Å². The van der Waals surface area contributed by atoms with Gasteiger partial charge >= 0.3 is 5.97 Å². The lowest BCUT2D eigenvalue weighted by Gasteiger charge is -2.48. The molecule has 10 nitrogen and oxygen atoms in total. The van der Waals surface area contributed by atoms with Gasteiger partial charge in [0.2, 0.25) is 5.91 Å². The van der Waals surface area contributed by atoms with Gasteiger partial charge in [-0.15, -0.1) is 22.0 Å². The smallest absolute Gasteiger partial charge is 0.352 e. The van der Waals surface area contributed by atoms with Crippen molar-refractivity contribution in [3.63, 3.8) is 0 Å². The number of nitrogens with zero attached hydrogens (tertiary/aromatic N) is 3. The number of rotatable bonds is 8. The fourth-order valence-corrected chi connectivity index (χ4v) is 7.74. The maximum atomic E-state index is 11.9. The topological polar surface area (TPSA) is 164 Å². The van der Waals surface area contributed by atoms with Crippen LogP contribution in [-0.4, -0.2) is 79.5 Å². The van der Waals surface area contributed by atoms with Crippen LogP contribution >= 0.6 is 46.6 Å². The number of β-lactam (4-membered cyclic amide) rings is 1. The summed E-state index contributed by atoms with van der Waals surface area (Å²) in [7, 11) is -4.01. The van der Waals surface area contributed by atoms with Crippen molar-refractivity contribution in [2.75, 3.05) is 23.0 Å². The number of hydrogen-bond donors (Lipinski definition) is 3. The largest absolute Gasteiger partial charge is 0.477 e. The van der Waals surface area contributed by atoms with Gasteiger partial charge in [-0.25, -0.2) is 4.79 Å². The third-order valence-electron chi connectivity index (χ3n) is 3.62. The van der Waals surface area contributed by atoms with Gasteiger partial charge in [0.05, 0.1) is 5.75 Å². The predicted molar refractivity (Wildman–Crippen MR) is 104 cm³/mol. The van der Waals surface area contributed by atoms with Gasteiger partial charge in [0.15, 0.2) is 8.68 Å². The van der Waals surface area contributed by atoms with Crippen LogP contribution in [0.5, 0.6) is 0 Å². The van der Waals surface area contributed by atoms with E-state index in [0.29, 0.717) is 25.8 Å². The molecule has 0 bridgehead atoms. The normalized spacial score (nSPS) is 22.6. The molecule has 1 saturated heterocycles. The summed E-state index contributed by atoms with van der Waals surface area (Å²) < 4.78 is 31.3. The van der Waals surface area contributed by atoms with E-state index in [1.807, 2.05) is 0 Å². The maximum Gasteiger partial charge on any atom is 0.352 e. The molecule has 27 heavy (non-hydrogen) atoms. The van der Waals surface area contributed by atoms with Gasteiger partial charge < -0.3 is 10.8 Å². The van der Waals surface area contributed by atoms with Crippen LogP contribution in [0.15, 0.2) is 19.9 Å². The second-order valence-electron chi connectivity index (χ2n) is 5.45. The molecule has 0 aliphatic carbocycles. The highest BCUT2D eigenvalue weighted by Crippen LogP contribution is 2.41. The molecule has 1 unspecified atom stereocenters. The molecule has 0 spiro atoms. The van der Waals surface area contributed by atoms with E-state index in [2.05, 4.69) is 10.2 Å². The summed E-state index contributed by atoms with van der Waals surface area (Å²) in [5.41, 5.74) is 6.32. The fraction of sp³-hybridized carbons (Fsp3) is 0.500. The van der Waals surface area contributed by atoms with Crippen LogP contribution in [-0.2, 0) is 19.7 Å². The van der Waals surface area contributed by atoms with Crippen molar-refractivity contribution in [2.24, 2.45) is 5.73 Å². The van der Waals surface area contributed by atoms with Crippen molar-refractivity contribution in [3.8, 4) is 0 Å². The highest BCUT2D eigenvalue weighted by molar-refractivity contribution is 8.04. The Balaban J connectivity index is 1.62. The molecule has 0 radical (unpaired) electrons. The van der Waals surface area contributed by atoms with Gasteiger partial charge in [0, 0.05) is 17.3 Å². The minimum Gasteiger partial charge on any atom is -0.477 e. The Kier molecular flexibility index (Phi) is 6.39. The number of thioether (sulfide) groups is 3. The Morgan fingerprint density at radius 2 is 2.00 bits per heavy atom. The van der Waals surface area contributed by atoms with Gasteiger partial charge in [0.25, 0.3) is 10.1 Å². The zero-order valence-corrected chi connectivity index (χ0v) is 17.6. The number of fused-ring (bicyclic) bond motifs is 1. The molecule has 2 atom stereocenters. The molecule has 148 valence electrons. The zero-order chi connectivity index (χ0) is 19.8. The molecule has 1 amide bonds. The second-order valence-corrected chi connectivity index (χ2v) is 11.7. The first-order valence-corrected chi connectivity index (χ1v) is 12.8. The van der Waals surface area contributed by atoms with Gasteiger partial charge in [-0.1, -0.05) is 34.9 Å². The summed E-state index contributed by atoms with van der Waals surface area (Å²) in [5, 5.41) is 17.1. The third kappa shape index (κ3) is 4.78. The lowest BCUT2D eigenvalue weighted by atomic mass is 10.0. The number of nitrogens with two attached hydrogens (primary N) is 1. The average molecular weight is 471 g/mol. The quantitative estimate of drug-likeness (QED) is 0.269. The summed E-state index contributed by atoms with van der Waals surface area (Å²) >= 11 is 5.14. The number of aliphatic carboxylic acids is 1. The Labute approximate surface area is 171 Å². The first-order valence-electron chi connectivity index (χ1n) is 7.37. The van der Waals surface area contributed by atoms with Crippen molar-refractivity contribution in [1.82, 2.24) is 15.1 Å². The van der Waals surface area contributed by atoms with Gasteiger partial charge in [-0.2, -0.15) is 8.42 Å². The molecule has 3 rings (SSSR count). The molecule has 1 fully saturated rings. The molecule has 2 aliphatic heterocycles. The predicted octanol–water partition coefficient (Wildman–Crippen LogP) is 0.191. The third-order valence-corrected chi connectivity index (χ3v) is 9.23. The number of aromatic nitrogens is 2. The van der Waals surface area contributed by atoms with Crippen molar-refractivity contribution >= 4 is 68.6 Å². The summed E-state index contributed by atoms with van der Waals surface area (Å²) in [6.07, 6.45) is 0. The minimum atomic E-state index is -4.01. The van der Waals surface area contributed by atoms with Crippen LogP contribution in [0.1, 0.15) is 0 Å². The maximum absolute atomic E-state index is 11.9. The monoisotopic (exact) mass is 470 g/mol. The van der Waals surface area contributed by atoms with Crippen molar-refractivity contribution in [2.45, 2.75) is 20.1 Å². The van der Waals surface area contributed by atoms with E-state index in [1.165, 1.54) is 39.8 Å². The molecule has 15 heteroatoms. The highest BCUT2D eigenvalue weighted by Gasteiger charge is 2.51.